The lowest BCUT2D eigenvalue weighted by molar-refractivity contribution is 0.0943. The van der Waals surface area contributed by atoms with Gasteiger partial charge < -0.3 is 15.5 Å². The number of aromatic nitrogens is 2. The van der Waals surface area contributed by atoms with Gasteiger partial charge >= 0.3 is 0 Å². The maximum Gasteiger partial charge on any atom is 0.251 e. The maximum atomic E-state index is 12.4. The highest BCUT2D eigenvalue weighted by molar-refractivity contribution is 9.10. The predicted octanol–water partition coefficient (Wildman–Crippen LogP) is 4.58. The molecule has 2 aliphatic rings. The molecule has 0 radical (unpaired) electrons. The fourth-order valence-electron chi connectivity index (χ4n) is 4.67. The largest absolute Gasteiger partial charge is 0.362 e. The molecule has 0 saturated heterocycles. The van der Waals surface area contributed by atoms with Gasteiger partial charge in [-0.2, -0.15) is 4.98 Å². The highest BCUT2D eigenvalue weighted by Crippen LogP contribution is 2.30. The van der Waals surface area contributed by atoms with E-state index in [0.29, 0.717) is 17.5 Å². The summed E-state index contributed by atoms with van der Waals surface area (Å²) in [6.45, 7) is 0.734. The van der Waals surface area contributed by atoms with Crippen molar-refractivity contribution in [3.05, 3.63) is 45.6 Å². The Bertz CT molecular complexity index is 924. The number of anilines is 2. The molecule has 0 aliphatic heterocycles. The normalized spacial score (nSPS) is 20.6. The molecule has 0 unspecified atom stereocenters. The molecule has 2 N–H and O–H groups in total. The van der Waals surface area contributed by atoms with Crippen LogP contribution in [-0.4, -0.2) is 42.6 Å². The summed E-state index contributed by atoms with van der Waals surface area (Å²) in [4.78, 5) is 24.2. The fourth-order valence-corrected chi connectivity index (χ4v) is 5.07. The first-order valence-corrected chi connectivity index (χ1v) is 12.2. The van der Waals surface area contributed by atoms with E-state index in [-0.39, 0.29) is 5.91 Å². The van der Waals surface area contributed by atoms with Crippen molar-refractivity contribution in [2.75, 3.05) is 30.9 Å². The number of halogens is 1. The van der Waals surface area contributed by atoms with E-state index in [2.05, 4.69) is 45.6 Å². The third-order valence-electron chi connectivity index (χ3n) is 6.40. The minimum absolute atomic E-state index is 0.000206. The third-order valence-corrected chi connectivity index (χ3v) is 6.90. The number of fused-ring (bicyclic) bond motifs is 1. The first kappa shape index (κ1) is 22.1. The summed E-state index contributed by atoms with van der Waals surface area (Å²) < 4.78 is 0.925. The monoisotopic (exact) mass is 485 g/mol. The van der Waals surface area contributed by atoms with Crippen molar-refractivity contribution in [1.82, 2.24) is 15.3 Å². The molecule has 0 bridgehead atoms. The lowest BCUT2D eigenvalue weighted by Crippen LogP contribution is -2.34. The summed E-state index contributed by atoms with van der Waals surface area (Å²) in [5.41, 5.74) is 3.24. The molecular formula is C24H32BrN5O. The maximum absolute atomic E-state index is 12.4. The summed E-state index contributed by atoms with van der Waals surface area (Å²) in [5, 5.41) is 6.71. The van der Waals surface area contributed by atoms with E-state index in [0.717, 1.165) is 61.3 Å². The molecule has 0 atom stereocenters. The minimum Gasteiger partial charge on any atom is -0.362 e. The van der Waals surface area contributed by atoms with Crippen LogP contribution in [0.1, 0.15) is 60.1 Å². The van der Waals surface area contributed by atoms with Gasteiger partial charge in [0, 0.05) is 42.3 Å². The van der Waals surface area contributed by atoms with Crippen molar-refractivity contribution in [3.8, 4) is 0 Å². The number of hydrogen-bond acceptors (Lipinski definition) is 5. The summed E-state index contributed by atoms with van der Waals surface area (Å²) >= 11 is 3.42. The molecule has 7 heteroatoms. The third kappa shape index (κ3) is 5.56. The minimum atomic E-state index is 0.000206. The van der Waals surface area contributed by atoms with Crippen LogP contribution in [0.15, 0.2) is 28.7 Å². The number of hydrogen-bond donors (Lipinski definition) is 2. The molecule has 2 aliphatic carbocycles. The Hall–Kier alpha value is -2.15. The molecule has 2 aromatic rings. The second kappa shape index (κ2) is 9.98. The van der Waals surface area contributed by atoms with Crippen molar-refractivity contribution in [3.63, 3.8) is 0 Å². The van der Waals surface area contributed by atoms with Crippen LogP contribution in [0.4, 0.5) is 11.8 Å². The Labute approximate surface area is 193 Å². The SMILES string of the molecule is CN(C)c1nc(N[C@H]2CC[C@@H](CNC(=O)c3cccc(Br)c3)CC2)nc2c1CCCC2. The van der Waals surface area contributed by atoms with Crippen LogP contribution < -0.4 is 15.5 Å². The van der Waals surface area contributed by atoms with Crippen LogP contribution in [0, 0.1) is 5.92 Å². The van der Waals surface area contributed by atoms with Crippen LogP contribution in [0.3, 0.4) is 0 Å². The van der Waals surface area contributed by atoms with Crippen LogP contribution >= 0.6 is 15.9 Å². The smallest absolute Gasteiger partial charge is 0.251 e. The predicted molar refractivity (Wildman–Crippen MR) is 129 cm³/mol. The molecule has 1 aromatic heterocycles. The number of nitrogens with zero attached hydrogens (tertiary/aromatic N) is 3. The van der Waals surface area contributed by atoms with Crippen LogP contribution in [0.5, 0.6) is 0 Å². The topological polar surface area (TPSA) is 70.2 Å². The van der Waals surface area contributed by atoms with E-state index in [9.17, 15) is 4.79 Å². The zero-order valence-corrected chi connectivity index (χ0v) is 20.0. The van der Waals surface area contributed by atoms with E-state index >= 15 is 0 Å². The van der Waals surface area contributed by atoms with Crippen molar-refractivity contribution >= 4 is 33.6 Å². The number of aryl methyl sites for hydroxylation is 1. The van der Waals surface area contributed by atoms with Gasteiger partial charge in [0.05, 0.1) is 5.69 Å². The second-order valence-corrected chi connectivity index (χ2v) is 9.90. The highest BCUT2D eigenvalue weighted by Gasteiger charge is 2.24. The van der Waals surface area contributed by atoms with Gasteiger partial charge in [0.1, 0.15) is 5.82 Å². The summed E-state index contributed by atoms with van der Waals surface area (Å²) in [7, 11) is 4.13. The van der Waals surface area contributed by atoms with Gasteiger partial charge in [-0.3, -0.25) is 4.79 Å². The first-order valence-electron chi connectivity index (χ1n) is 11.4. The van der Waals surface area contributed by atoms with Crippen molar-refractivity contribution in [2.24, 2.45) is 5.92 Å². The molecule has 1 saturated carbocycles. The molecule has 1 heterocycles. The average Bonchev–Trinajstić information content (AvgIpc) is 2.77. The zero-order chi connectivity index (χ0) is 21.8. The average molecular weight is 486 g/mol. The number of carbonyl (C=O) groups is 1. The van der Waals surface area contributed by atoms with E-state index < -0.39 is 0 Å². The Morgan fingerprint density at radius 2 is 1.90 bits per heavy atom. The van der Waals surface area contributed by atoms with Crippen molar-refractivity contribution < 1.29 is 4.79 Å². The number of amides is 1. The Morgan fingerprint density at radius 1 is 1.13 bits per heavy atom. The van der Waals surface area contributed by atoms with Crippen molar-refractivity contribution in [2.45, 2.75) is 57.4 Å². The molecule has 0 spiro atoms. The van der Waals surface area contributed by atoms with E-state index in [1.165, 1.54) is 24.1 Å². The van der Waals surface area contributed by atoms with E-state index in [4.69, 9.17) is 9.97 Å². The van der Waals surface area contributed by atoms with Gasteiger partial charge in [-0.05, 0) is 75.5 Å². The molecule has 1 aromatic carbocycles. The summed E-state index contributed by atoms with van der Waals surface area (Å²) in [5.74, 6) is 2.36. The van der Waals surface area contributed by atoms with Gasteiger partial charge in [0.2, 0.25) is 5.95 Å². The quantitative estimate of drug-likeness (QED) is 0.626. The first-order chi connectivity index (χ1) is 15.0. The molecule has 1 fully saturated rings. The lowest BCUT2D eigenvalue weighted by atomic mass is 9.86. The second-order valence-electron chi connectivity index (χ2n) is 8.98. The zero-order valence-electron chi connectivity index (χ0n) is 18.5. The van der Waals surface area contributed by atoms with Crippen LogP contribution in [0.2, 0.25) is 0 Å². The highest BCUT2D eigenvalue weighted by atomic mass is 79.9. The standard InChI is InChI=1S/C24H32BrN5O/c1-30(2)22-20-8-3-4-9-21(20)28-24(29-22)27-19-12-10-16(11-13-19)15-26-23(31)17-6-5-7-18(25)14-17/h5-7,14,16,19H,3-4,8-13,15H2,1-2H3,(H,26,31)(H,27,28,29)/t16-,19+. The van der Waals surface area contributed by atoms with Gasteiger partial charge in [-0.15, -0.1) is 0 Å². The van der Waals surface area contributed by atoms with Gasteiger partial charge in [0.25, 0.3) is 5.91 Å². The molecule has 6 nitrogen and oxygen atoms in total. The van der Waals surface area contributed by atoms with Crippen molar-refractivity contribution in [1.29, 1.82) is 0 Å². The number of nitrogens with one attached hydrogen (secondary N) is 2. The summed E-state index contributed by atoms with van der Waals surface area (Å²) in [6, 6.07) is 7.92. The molecule has 31 heavy (non-hydrogen) atoms. The van der Waals surface area contributed by atoms with Crippen LogP contribution in [0.25, 0.3) is 0 Å². The fraction of sp³-hybridized carbons (Fsp3) is 0.542. The molecular weight excluding hydrogens is 454 g/mol. The Kier molecular flexibility index (Phi) is 7.10. The Balaban J connectivity index is 1.29. The number of carbonyl (C=O) groups excluding carboxylic acids is 1. The number of rotatable bonds is 6. The van der Waals surface area contributed by atoms with E-state index in [1.807, 2.05) is 24.3 Å². The van der Waals surface area contributed by atoms with Gasteiger partial charge in [0.15, 0.2) is 0 Å². The number of benzene rings is 1. The molecule has 166 valence electrons. The van der Waals surface area contributed by atoms with Gasteiger partial charge in [-0.25, -0.2) is 4.98 Å². The van der Waals surface area contributed by atoms with E-state index in [1.54, 1.807) is 0 Å². The Morgan fingerprint density at radius 3 is 2.65 bits per heavy atom. The van der Waals surface area contributed by atoms with Crippen LogP contribution in [-0.2, 0) is 12.8 Å². The molecule has 4 rings (SSSR count). The lowest BCUT2D eigenvalue weighted by Gasteiger charge is -2.30. The molecule has 1 amide bonds. The summed E-state index contributed by atoms with van der Waals surface area (Å²) in [6.07, 6.45) is 8.94. The van der Waals surface area contributed by atoms with Gasteiger partial charge in [-0.1, -0.05) is 22.0 Å².